The average Bonchev–Trinajstić information content (AvgIpc) is 3.42. The number of aromatic nitrogens is 4. The number of carbonyl (C=O) groups excluding carboxylic acids is 1. The predicted molar refractivity (Wildman–Crippen MR) is 127 cm³/mol. The van der Waals surface area contributed by atoms with Gasteiger partial charge in [-0.25, -0.2) is 9.97 Å². The summed E-state index contributed by atoms with van der Waals surface area (Å²) in [6.45, 7) is 4.51. The van der Waals surface area contributed by atoms with E-state index >= 15 is 0 Å². The Balaban J connectivity index is 1.25. The second-order valence-corrected chi connectivity index (χ2v) is 10.4. The lowest BCUT2D eigenvalue weighted by Gasteiger charge is -2.38. The third-order valence-electron chi connectivity index (χ3n) is 5.57. The molecule has 0 saturated carbocycles. The lowest BCUT2D eigenvalue weighted by Crippen LogP contribution is -2.54. The number of thiophene rings is 1. The van der Waals surface area contributed by atoms with Crippen molar-refractivity contribution in [3.8, 4) is 9.88 Å². The molecule has 11 heteroatoms. The Hall–Kier alpha value is -2.66. The number of fused-ring (bicyclic) bond motifs is 1. The van der Waals surface area contributed by atoms with E-state index in [2.05, 4.69) is 25.1 Å². The van der Waals surface area contributed by atoms with Gasteiger partial charge in [-0.1, -0.05) is 29.0 Å². The van der Waals surface area contributed by atoms with Crippen LogP contribution in [0.4, 0.5) is 5.82 Å². The molecule has 164 valence electrons. The van der Waals surface area contributed by atoms with E-state index in [9.17, 15) is 4.79 Å². The molecule has 4 heterocycles. The summed E-state index contributed by atoms with van der Waals surface area (Å²) in [5.41, 5.74) is 7.72. The molecule has 3 aromatic heterocycles. The van der Waals surface area contributed by atoms with Crippen LogP contribution in [0.3, 0.4) is 0 Å². The molecule has 4 aromatic rings. The SMILES string of the molecule is C[C@H]1C(=O)N(Cc2ccc3c(N)ncnc3c2)CCN1Cc1nnc(-c2ccc(Cl)s2)s1. The molecule has 1 aliphatic rings. The van der Waals surface area contributed by atoms with Crippen molar-refractivity contribution >= 4 is 56.9 Å². The number of rotatable bonds is 5. The van der Waals surface area contributed by atoms with Crippen LogP contribution in [0.25, 0.3) is 20.8 Å². The van der Waals surface area contributed by atoms with Gasteiger partial charge in [0.25, 0.3) is 0 Å². The van der Waals surface area contributed by atoms with E-state index in [0.29, 0.717) is 25.5 Å². The summed E-state index contributed by atoms with van der Waals surface area (Å²) in [5, 5.41) is 11.2. The summed E-state index contributed by atoms with van der Waals surface area (Å²) in [4.78, 5) is 26.4. The number of benzene rings is 1. The molecule has 0 bridgehead atoms. The molecule has 8 nitrogen and oxygen atoms in total. The van der Waals surface area contributed by atoms with E-state index in [-0.39, 0.29) is 11.9 Å². The molecule has 5 rings (SSSR count). The van der Waals surface area contributed by atoms with Gasteiger partial charge in [-0.3, -0.25) is 9.69 Å². The van der Waals surface area contributed by atoms with Gasteiger partial charge < -0.3 is 10.6 Å². The van der Waals surface area contributed by atoms with Crippen molar-refractivity contribution in [3.05, 3.63) is 51.6 Å². The Morgan fingerprint density at radius 1 is 1.12 bits per heavy atom. The zero-order valence-electron chi connectivity index (χ0n) is 17.2. The van der Waals surface area contributed by atoms with Crippen LogP contribution in [0.15, 0.2) is 36.7 Å². The fraction of sp³-hybridized carbons (Fsp3) is 0.286. The smallest absolute Gasteiger partial charge is 0.239 e. The number of piperazine rings is 1. The van der Waals surface area contributed by atoms with Gasteiger partial charge >= 0.3 is 0 Å². The van der Waals surface area contributed by atoms with Crippen molar-refractivity contribution in [2.24, 2.45) is 0 Å². The van der Waals surface area contributed by atoms with Gasteiger partial charge in [0.05, 0.1) is 27.3 Å². The largest absolute Gasteiger partial charge is 0.383 e. The molecule has 0 aliphatic carbocycles. The van der Waals surface area contributed by atoms with E-state index in [4.69, 9.17) is 17.3 Å². The number of hydrogen-bond donors (Lipinski definition) is 1. The van der Waals surface area contributed by atoms with Gasteiger partial charge in [0.2, 0.25) is 5.91 Å². The van der Waals surface area contributed by atoms with Crippen molar-refractivity contribution in [2.45, 2.75) is 26.1 Å². The van der Waals surface area contributed by atoms with Crippen LogP contribution in [-0.2, 0) is 17.9 Å². The second kappa shape index (κ2) is 8.70. The fourth-order valence-electron chi connectivity index (χ4n) is 3.81. The quantitative estimate of drug-likeness (QED) is 0.460. The van der Waals surface area contributed by atoms with Crippen LogP contribution in [0, 0.1) is 0 Å². The van der Waals surface area contributed by atoms with Gasteiger partial charge in [-0.15, -0.1) is 21.5 Å². The summed E-state index contributed by atoms with van der Waals surface area (Å²) in [6.07, 6.45) is 1.46. The Morgan fingerprint density at radius 2 is 2.00 bits per heavy atom. The highest BCUT2D eigenvalue weighted by molar-refractivity contribution is 7.23. The van der Waals surface area contributed by atoms with Crippen LogP contribution < -0.4 is 5.73 Å². The number of nitrogens with zero attached hydrogens (tertiary/aromatic N) is 6. The van der Waals surface area contributed by atoms with Crippen molar-refractivity contribution in [3.63, 3.8) is 0 Å². The van der Waals surface area contributed by atoms with Crippen LogP contribution in [0.1, 0.15) is 17.5 Å². The normalized spacial score (nSPS) is 17.4. The molecule has 1 amide bonds. The van der Waals surface area contributed by atoms with Gasteiger partial charge in [-0.2, -0.15) is 0 Å². The first-order chi connectivity index (χ1) is 15.5. The zero-order valence-corrected chi connectivity index (χ0v) is 19.6. The maximum absolute atomic E-state index is 13.1. The molecule has 0 unspecified atom stereocenters. The highest BCUT2D eigenvalue weighted by Gasteiger charge is 2.32. The first kappa shape index (κ1) is 21.2. The van der Waals surface area contributed by atoms with Gasteiger partial charge in [0, 0.05) is 25.0 Å². The van der Waals surface area contributed by atoms with Crippen LogP contribution >= 0.6 is 34.3 Å². The summed E-state index contributed by atoms with van der Waals surface area (Å²) < 4.78 is 0.731. The van der Waals surface area contributed by atoms with Gasteiger partial charge in [0.15, 0.2) is 5.01 Å². The molecule has 2 N–H and O–H groups in total. The molecule has 32 heavy (non-hydrogen) atoms. The Kier molecular flexibility index (Phi) is 5.76. The van der Waals surface area contributed by atoms with E-state index in [1.54, 1.807) is 11.3 Å². The first-order valence-electron chi connectivity index (χ1n) is 10.1. The Labute approximate surface area is 197 Å². The molecular formula is C21H20ClN7OS2. The van der Waals surface area contributed by atoms with Crippen molar-refractivity contribution < 1.29 is 4.79 Å². The third-order valence-corrected chi connectivity index (χ3v) is 7.88. The number of nitrogen functional groups attached to an aromatic ring is 1. The van der Waals surface area contributed by atoms with Crippen molar-refractivity contribution in [2.75, 3.05) is 18.8 Å². The third kappa shape index (κ3) is 4.18. The van der Waals surface area contributed by atoms with E-state index in [0.717, 1.165) is 42.2 Å². The molecular weight excluding hydrogens is 466 g/mol. The summed E-state index contributed by atoms with van der Waals surface area (Å²) in [6, 6.07) is 9.45. The van der Waals surface area contributed by atoms with Crippen LogP contribution in [0.5, 0.6) is 0 Å². The van der Waals surface area contributed by atoms with Gasteiger partial charge in [0.1, 0.15) is 17.2 Å². The number of nitrogens with two attached hydrogens (primary N) is 1. The Bertz CT molecular complexity index is 1290. The number of halogens is 1. The summed E-state index contributed by atoms with van der Waals surface area (Å²) in [7, 11) is 0. The molecule has 1 fully saturated rings. The van der Waals surface area contributed by atoms with E-state index in [1.165, 1.54) is 17.7 Å². The number of amides is 1. The molecule has 0 radical (unpaired) electrons. The molecule has 1 aromatic carbocycles. The summed E-state index contributed by atoms with van der Waals surface area (Å²) in [5.74, 6) is 0.565. The first-order valence-corrected chi connectivity index (χ1v) is 12.1. The van der Waals surface area contributed by atoms with Crippen molar-refractivity contribution in [1.82, 2.24) is 30.0 Å². The van der Waals surface area contributed by atoms with E-state index in [1.807, 2.05) is 42.2 Å². The molecule has 0 spiro atoms. The number of hydrogen-bond acceptors (Lipinski definition) is 9. The minimum atomic E-state index is -0.231. The standard InChI is InChI=1S/C21H20ClN7OS2/c1-12-21(30)29(9-13-2-3-14-15(8-13)24-11-25-19(14)23)7-6-28(12)10-18-26-27-20(32-18)16-4-5-17(22)31-16/h2-5,8,11-12H,6-7,9-10H2,1H3,(H2,23,24,25)/t12-/m0/s1. The molecule has 1 aliphatic heterocycles. The molecule has 1 atom stereocenters. The lowest BCUT2D eigenvalue weighted by atomic mass is 10.1. The zero-order chi connectivity index (χ0) is 22.2. The highest BCUT2D eigenvalue weighted by atomic mass is 35.5. The topological polar surface area (TPSA) is 101 Å². The van der Waals surface area contributed by atoms with Crippen molar-refractivity contribution in [1.29, 1.82) is 0 Å². The van der Waals surface area contributed by atoms with Crippen LogP contribution in [0.2, 0.25) is 4.34 Å². The monoisotopic (exact) mass is 485 g/mol. The number of anilines is 1. The fourth-order valence-corrected chi connectivity index (χ4v) is 5.77. The highest BCUT2D eigenvalue weighted by Crippen LogP contribution is 2.33. The summed E-state index contributed by atoms with van der Waals surface area (Å²) >= 11 is 9.06. The van der Waals surface area contributed by atoms with Crippen LogP contribution in [-0.4, -0.2) is 55.0 Å². The minimum Gasteiger partial charge on any atom is -0.383 e. The lowest BCUT2D eigenvalue weighted by molar-refractivity contribution is -0.142. The maximum atomic E-state index is 13.1. The second-order valence-electron chi connectivity index (χ2n) is 7.62. The number of carbonyl (C=O) groups is 1. The Morgan fingerprint density at radius 3 is 2.81 bits per heavy atom. The molecule has 1 saturated heterocycles. The van der Waals surface area contributed by atoms with E-state index < -0.39 is 0 Å². The minimum absolute atomic E-state index is 0.105. The van der Waals surface area contributed by atoms with Gasteiger partial charge in [-0.05, 0) is 36.8 Å². The average molecular weight is 486 g/mol. The predicted octanol–water partition coefficient (Wildman–Crippen LogP) is 3.68. The maximum Gasteiger partial charge on any atom is 0.239 e.